The Hall–Kier alpha value is -1.76. The van der Waals surface area contributed by atoms with E-state index in [4.69, 9.17) is 4.74 Å². The molecule has 0 radical (unpaired) electrons. The minimum atomic E-state index is -0.253. The predicted octanol–water partition coefficient (Wildman–Crippen LogP) is 2.69. The fourth-order valence-corrected chi connectivity index (χ4v) is 3.36. The van der Waals surface area contributed by atoms with Gasteiger partial charge in [0.2, 0.25) is 0 Å². The molecule has 1 aliphatic heterocycles. The van der Waals surface area contributed by atoms with Crippen molar-refractivity contribution in [3.63, 3.8) is 0 Å². The zero-order valence-corrected chi connectivity index (χ0v) is 13.5. The van der Waals surface area contributed by atoms with Crippen molar-refractivity contribution >= 4 is 17.2 Å². The second kappa shape index (κ2) is 7.68. The number of carbonyl (C=O) groups excluding carboxylic acids is 1. The van der Waals surface area contributed by atoms with Crippen molar-refractivity contribution in [2.45, 2.75) is 6.04 Å². The van der Waals surface area contributed by atoms with Crippen molar-refractivity contribution in [1.82, 2.24) is 10.2 Å². The van der Waals surface area contributed by atoms with E-state index in [0.29, 0.717) is 24.6 Å². The van der Waals surface area contributed by atoms with Crippen molar-refractivity contribution < 1.29 is 13.9 Å². The maximum atomic E-state index is 13.2. The van der Waals surface area contributed by atoms with Gasteiger partial charge in [0.1, 0.15) is 5.82 Å². The molecule has 4 nitrogen and oxygen atoms in total. The number of hydrogen-bond acceptors (Lipinski definition) is 4. The second-order valence-electron chi connectivity index (χ2n) is 5.40. The Morgan fingerprint density at radius 3 is 2.65 bits per heavy atom. The lowest BCUT2D eigenvalue weighted by Crippen LogP contribution is -2.43. The van der Waals surface area contributed by atoms with E-state index in [0.717, 1.165) is 18.7 Å². The third-order valence-electron chi connectivity index (χ3n) is 3.94. The average Bonchev–Trinajstić information content (AvgIpc) is 3.12. The standard InChI is InChI=1S/C17H19FN2O2S/c18-14-5-3-13(4-6-14)15(20-7-9-22-10-8-20)12-19-17(21)16-2-1-11-23-16/h1-6,11,15H,7-10,12H2,(H,19,21). The zero-order valence-electron chi connectivity index (χ0n) is 12.7. The molecular weight excluding hydrogens is 315 g/mol. The second-order valence-corrected chi connectivity index (χ2v) is 6.35. The van der Waals surface area contributed by atoms with Crippen LogP contribution in [0.1, 0.15) is 21.3 Å². The van der Waals surface area contributed by atoms with Crippen LogP contribution in [0, 0.1) is 5.82 Å². The molecule has 1 N–H and O–H groups in total. The molecule has 122 valence electrons. The number of hydrogen-bond donors (Lipinski definition) is 1. The molecule has 23 heavy (non-hydrogen) atoms. The van der Waals surface area contributed by atoms with Crippen LogP contribution in [0.3, 0.4) is 0 Å². The van der Waals surface area contributed by atoms with Gasteiger partial charge in [-0.1, -0.05) is 18.2 Å². The highest BCUT2D eigenvalue weighted by molar-refractivity contribution is 7.12. The maximum absolute atomic E-state index is 13.2. The number of benzene rings is 1. The molecule has 0 bridgehead atoms. The van der Waals surface area contributed by atoms with Crippen LogP contribution in [0.25, 0.3) is 0 Å². The van der Waals surface area contributed by atoms with Crippen LogP contribution in [-0.4, -0.2) is 43.7 Å². The van der Waals surface area contributed by atoms with Gasteiger partial charge in [-0.3, -0.25) is 9.69 Å². The largest absolute Gasteiger partial charge is 0.379 e. The number of ether oxygens (including phenoxy) is 1. The van der Waals surface area contributed by atoms with Crippen molar-refractivity contribution in [3.8, 4) is 0 Å². The summed E-state index contributed by atoms with van der Waals surface area (Å²) in [7, 11) is 0. The third kappa shape index (κ3) is 4.16. The summed E-state index contributed by atoms with van der Waals surface area (Å²) >= 11 is 1.42. The Bertz CT molecular complexity index is 625. The summed E-state index contributed by atoms with van der Waals surface area (Å²) in [5.41, 5.74) is 1.000. The van der Waals surface area contributed by atoms with E-state index in [9.17, 15) is 9.18 Å². The molecule has 0 aliphatic carbocycles. The summed E-state index contributed by atoms with van der Waals surface area (Å²) in [4.78, 5) is 15.1. The van der Waals surface area contributed by atoms with Crippen LogP contribution in [-0.2, 0) is 4.74 Å². The van der Waals surface area contributed by atoms with Gasteiger partial charge in [-0.15, -0.1) is 11.3 Å². The van der Waals surface area contributed by atoms with E-state index < -0.39 is 0 Å². The average molecular weight is 334 g/mol. The minimum absolute atomic E-state index is 0.0170. The van der Waals surface area contributed by atoms with E-state index in [1.54, 1.807) is 12.1 Å². The SMILES string of the molecule is O=C(NCC(c1ccc(F)cc1)N1CCOCC1)c1cccs1. The van der Waals surface area contributed by atoms with Crippen LogP contribution in [0.15, 0.2) is 41.8 Å². The molecule has 0 saturated carbocycles. The van der Waals surface area contributed by atoms with Gasteiger partial charge in [-0.2, -0.15) is 0 Å². The number of amides is 1. The molecular formula is C17H19FN2O2S. The number of carbonyl (C=O) groups is 1. The van der Waals surface area contributed by atoms with E-state index >= 15 is 0 Å². The summed E-state index contributed by atoms with van der Waals surface area (Å²) in [6.07, 6.45) is 0. The Balaban J connectivity index is 1.72. The van der Waals surface area contributed by atoms with Gasteiger partial charge in [-0.25, -0.2) is 4.39 Å². The molecule has 1 unspecified atom stereocenters. The first kappa shape index (κ1) is 16.1. The fourth-order valence-electron chi connectivity index (χ4n) is 2.72. The summed E-state index contributed by atoms with van der Waals surface area (Å²) < 4.78 is 18.6. The monoisotopic (exact) mass is 334 g/mol. The maximum Gasteiger partial charge on any atom is 0.261 e. The number of nitrogens with one attached hydrogen (secondary N) is 1. The minimum Gasteiger partial charge on any atom is -0.379 e. The smallest absolute Gasteiger partial charge is 0.261 e. The van der Waals surface area contributed by atoms with Gasteiger partial charge >= 0.3 is 0 Å². The van der Waals surface area contributed by atoms with E-state index in [-0.39, 0.29) is 17.8 Å². The predicted molar refractivity (Wildman–Crippen MR) is 88.2 cm³/mol. The quantitative estimate of drug-likeness (QED) is 0.914. The van der Waals surface area contributed by atoms with Crippen molar-refractivity contribution in [1.29, 1.82) is 0 Å². The molecule has 1 atom stereocenters. The number of halogens is 1. The zero-order chi connectivity index (χ0) is 16.1. The third-order valence-corrected chi connectivity index (χ3v) is 4.81. The first-order chi connectivity index (χ1) is 11.2. The fraction of sp³-hybridized carbons (Fsp3) is 0.353. The molecule has 1 amide bonds. The van der Waals surface area contributed by atoms with Crippen LogP contribution in [0.5, 0.6) is 0 Å². The Morgan fingerprint density at radius 2 is 2.00 bits per heavy atom. The molecule has 1 aliphatic rings. The summed E-state index contributed by atoms with van der Waals surface area (Å²) in [6.45, 7) is 3.45. The molecule has 3 rings (SSSR count). The van der Waals surface area contributed by atoms with Crippen molar-refractivity contribution in [3.05, 3.63) is 58.0 Å². The lowest BCUT2D eigenvalue weighted by Gasteiger charge is -2.34. The summed E-state index contributed by atoms with van der Waals surface area (Å²) in [6, 6.07) is 10.2. The first-order valence-corrected chi connectivity index (χ1v) is 8.51. The number of morpholine rings is 1. The van der Waals surface area contributed by atoms with Crippen molar-refractivity contribution in [2.24, 2.45) is 0 Å². The Morgan fingerprint density at radius 1 is 1.26 bits per heavy atom. The molecule has 0 spiro atoms. The summed E-state index contributed by atoms with van der Waals surface area (Å²) in [5.74, 6) is -0.322. The van der Waals surface area contributed by atoms with Crippen molar-refractivity contribution in [2.75, 3.05) is 32.8 Å². The molecule has 1 fully saturated rings. The summed E-state index contributed by atoms with van der Waals surface area (Å²) in [5, 5.41) is 4.87. The van der Waals surface area contributed by atoms with Crippen LogP contribution < -0.4 is 5.32 Å². The number of thiophene rings is 1. The lowest BCUT2D eigenvalue weighted by molar-refractivity contribution is 0.0162. The number of rotatable bonds is 5. The van der Waals surface area contributed by atoms with Gasteiger partial charge in [0.05, 0.1) is 24.1 Å². The topological polar surface area (TPSA) is 41.6 Å². The molecule has 6 heteroatoms. The van der Waals surface area contributed by atoms with Gasteiger partial charge in [0.15, 0.2) is 0 Å². The molecule has 1 aromatic heterocycles. The molecule has 2 aromatic rings. The molecule has 1 saturated heterocycles. The Kier molecular flexibility index (Phi) is 5.38. The van der Waals surface area contributed by atoms with Gasteiger partial charge in [0, 0.05) is 19.6 Å². The highest BCUT2D eigenvalue weighted by Gasteiger charge is 2.23. The molecule has 2 heterocycles. The highest BCUT2D eigenvalue weighted by Crippen LogP contribution is 2.22. The number of nitrogens with zero attached hydrogens (tertiary/aromatic N) is 1. The van der Waals surface area contributed by atoms with Crippen LogP contribution >= 0.6 is 11.3 Å². The van der Waals surface area contributed by atoms with Crippen LogP contribution in [0.2, 0.25) is 0 Å². The lowest BCUT2D eigenvalue weighted by atomic mass is 10.0. The van der Waals surface area contributed by atoms with E-state index in [1.165, 1.54) is 23.5 Å². The Labute approximate surface area is 138 Å². The van der Waals surface area contributed by atoms with E-state index in [2.05, 4.69) is 10.2 Å². The van der Waals surface area contributed by atoms with Gasteiger partial charge in [0.25, 0.3) is 5.91 Å². The van der Waals surface area contributed by atoms with E-state index in [1.807, 2.05) is 17.5 Å². The molecule has 1 aromatic carbocycles. The van der Waals surface area contributed by atoms with Gasteiger partial charge < -0.3 is 10.1 Å². The van der Waals surface area contributed by atoms with Crippen LogP contribution in [0.4, 0.5) is 4.39 Å². The van der Waals surface area contributed by atoms with Gasteiger partial charge in [-0.05, 0) is 29.1 Å². The highest BCUT2D eigenvalue weighted by atomic mass is 32.1. The normalized spacial score (nSPS) is 16.9. The first-order valence-electron chi connectivity index (χ1n) is 7.63.